The maximum absolute atomic E-state index is 13.5. The van der Waals surface area contributed by atoms with Crippen LogP contribution in [0.3, 0.4) is 0 Å². The average Bonchev–Trinajstić information content (AvgIpc) is 3.54. The lowest BCUT2D eigenvalue weighted by atomic mass is 10.2. The molecule has 2 heterocycles. The van der Waals surface area contributed by atoms with E-state index in [1.54, 1.807) is 15.9 Å². The Kier molecular flexibility index (Phi) is 8.52. The Hall–Kier alpha value is -3.64. The molecule has 1 saturated heterocycles. The Bertz CT molecular complexity index is 1120. The number of carbonyl (C=O) groups excluding carboxylic acids is 2. The van der Waals surface area contributed by atoms with Crippen molar-refractivity contribution in [3.8, 4) is 0 Å². The number of furan rings is 1. The first-order chi connectivity index (χ1) is 17.1. The van der Waals surface area contributed by atoms with E-state index in [0.29, 0.717) is 32.0 Å². The van der Waals surface area contributed by atoms with Gasteiger partial charge in [-0.3, -0.25) is 9.59 Å². The molecule has 4 rings (SSSR count). The summed E-state index contributed by atoms with van der Waals surface area (Å²) in [6.45, 7) is 3.71. The molecule has 1 aromatic heterocycles. The highest BCUT2D eigenvalue weighted by atomic mass is 16.5. The zero-order valence-electron chi connectivity index (χ0n) is 20.1. The standard InChI is InChI=1S/C29H32N2O4/c1-23-14-16-27(35-23)21-30(19-25-11-6-3-7-12-25)29(33)22-31(20-26-13-8-18-34-26)28(32)17-15-24-9-4-2-5-10-24/h2-7,9-12,14-17,26H,8,13,18-22H2,1H3/b17-15+. The molecule has 0 bridgehead atoms. The van der Waals surface area contributed by atoms with Gasteiger partial charge in [0.25, 0.3) is 0 Å². The first-order valence-electron chi connectivity index (χ1n) is 12.1. The molecular formula is C29H32N2O4. The van der Waals surface area contributed by atoms with E-state index in [2.05, 4.69) is 0 Å². The smallest absolute Gasteiger partial charge is 0.247 e. The molecule has 0 radical (unpaired) electrons. The quantitative estimate of drug-likeness (QED) is 0.396. The number of ether oxygens (including phenoxy) is 1. The van der Waals surface area contributed by atoms with E-state index in [-0.39, 0.29) is 24.5 Å². The third-order valence-electron chi connectivity index (χ3n) is 6.02. The third kappa shape index (κ3) is 7.42. The van der Waals surface area contributed by atoms with Crippen LogP contribution in [0.2, 0.25) is 0 Å². The lowest BCUT2D eigenvalue weighted by molar-refractivity contribution is -0.140. The summed E-state index contributed by atoms with van der Waals surface area (Å²) >= 11 is 0. The topological polar surface area (TPSA) is 63.0 Å². The maximum atomic E-state index is 13.5. The van der Waals surface area contributed by atoms with E-state index in [1.165, 1.54) is 6.08 Å². The lowest BCUT2D eigenvalue weighted by Gasteiger charge is -2.28. The SMILES string of the molecule is Cc1ccc(CN(Cc2ccccc2)C(=O)CN(CC2CCCO2)C(=O)/C=C/c2ccccc2)o1. The molecule has 1 aliphatic heterocycles. The number of hydrogen-bond donors (Lipinski definition) is 0. The summed E-state index contributed by atoms with van der Waals surface area (Å²) in [6.07, 6.45) is 5.13. The van der Waals surface area contributed by atoms with Crippen LogP contribution in [0.15, 0.2) is 83.3 Å². The molecule has 6 nitrogen and oxygen atoms in total. The van der Waals surface area contributed by atoms with Crippen LogP contribution in [0.5, 0.6) is 0 Å². The Labute approximate surface area is 206 Å². The molecule has 35 heavy (non-hydrogen) atoms. The van der Waals surface area contributed by atoms with Gasteiger partial charge in [-0.2, -0.15) is 0 Å². The van der Waals surface area contributed by atoms with Crippen LogP contribution in [0.1, 0.15) is 35.5 Å². The second kappa shape index (κ2) is 12.2. The molecule has 3 aromatic rings. The van der Waals surface area contributed by atoms with Crippen LogP contribution in [0.4, 0.5) is 0 Å². The zero-order valence-corrected chi connectivity index (χ0v) is 20.1. The van der Waals surface area contributed by atoms with Crippen LogP contribution in [-0.4, -0.2) is 47.4 Å². The number of nitrogens with zero attached hydrogens (tertiary/aromatic N) is 2. The minimum atomic E-state index is -0.203. The molecule has 6 heteroatoms. The summed E-state index contributed by atoms with van der Waals surface area (Å²) in [7, 11) is 0. The summed E-state index contributed by atoms with van der Waals surface area (Å²) < 4.78 is 11.5. The van der Waals surface area contributed by atoms with Crippen molar-refractivity contribution in [3.63, 3.8) is 0 Å². The van der Waals surface area contributed by atoms with Crippen LogP contribution >= 0.6 is 0 Å². The van der Waals surface area contributed by atoms with Crippen LogP contribution in [-0.2, 0) is 27.4 Å². The van der Waals surface area contributed by atoms with E-state index in [4.69, 9.17) is 9.15 Å². The Balaban J connectivity index is 1.51. The van der Waals surface area contributed by atoms with Gasteiger partial charge in [-0.05, 0) is 49.1 Å². The van der Waals surface area contributed by atoms with Crippen molar-refractivity contribution in [1.82, 2.24) is 9.80 Å². The highest BCUT2D eigenvalue weighted by Crippen LogP contribution is 2.17. The van der Waals surface area contributed by atoms with E-state index in [1.807, 2.05) is 79.7 Å². The summed E-state index contributed by atoms with van der Waals surface area (Å²) in [4.78, 5) is 30.1. The largest absolute Gasteiger partial charge is 0.464 e. The van der Waals surface area contributed by atoms with Gasteiger partial charge in [0.2, 0.25) is 11.8 Å². The van der Waals surface area contributed by atoms with Gasteiger partial charge in [0.15, 0.2) is 0 Å². The average molecular weight is 473 g/mol. The van der Waals surface area contributed by atoms with Crippen LogP contribution in [0.25, 0.3) is 6.08 Å². The summed E-state index contributed by atoms with van der Waals surface area (Å²) in [5, 5.41) is 0. The van der Waals surface area contributed by atoms with Gasteiger partial charge in [0, 0.05) is 25.8 Å². The van der Waals surface area contributed by atoms with Crippen molar-refractivity contribution < 1.29 is 18.7 Å². The maximum Gasteiger partial charge on any atom is 0.247 e. The molecule has 0 saturated carbocycles. The highest BCUT2D eigenvalue weighted by Gasteiger charge is 2.26. The van der Waals surface area contributed by atoms with Crippen molar-refractivity contribution in [2.45, 2.75) is 39.0 Å². The normalized spacial score (nSPS) is 15.4. The van der Waals surface area contributed by atoms with Crippen molar-refractivity contribution in [3.05, 3.63) is 102 Å². The molecule has 1 atom stereocenters. The first-order valence-corrected chi connectivity index (χ1v) is 12.1. The van der Waals surface area contributed by atoms with Crippen LogP contribution < -0.4 is 0 Å². The molecule has 1 fully saturated rings. The number of amides is 2. The van der Waals surface area contributed by atoms with Gasteiger partial charge in [0.05, 0.1) is 12.6 Å². The van der Waals surface area contributed by atoms with Crippen molar-refractivity contribution in [1.29, 1.82) is 0 Å². The monoisotopic (exact) mass is 472 g/mol. The summed E-state index contributed by atoms with van der Waals surface area (Å²) in [5.74, 6) is 1.18. The summed E-state index contributed by atoms with van der Waals surface area (Å²) in [6, 6.07) is 23.3. The summed E-state index contributed by atoms with van der Waals surface area (Å²) in [5.41, 5.74) is 1.95. The Morgan fingerprint density at radius 3 is 2.34 bits per heavy atom. The number of aryl methyl sites for hydroxylation is 1. The molecule has 1 unspecified atom stereocenters. The zero-order chi connectivity index (χ0) is 24.5. The molecule has 2 amide bonds. The Morgan fingerprint density at radius 1 is 0.943 bits per heavy atom. The fourth-order valence-corrected chi connectivity index (χ4v) is 4.16. The third-order valence-corrected chi connectivity index (χ3v) is 6.02. The number of carbonyl (C=O) groups is 2. The van der Waals surface area contributed by atoms with Gasteiger partial charge in [-0.1, -0.05) is 60.7 Å². The van der Waals surface area contributed by atoms with E-state index >= 15 is 0 Å². The van der Waals surface area contributed by atoms with Crippen molar-refractivity contribution in [2.24, 2.45) is 0 Å². The fourth-order valence-electron chi connectivity index (χ4n) is 4.16. The van der Waals surface area contributed by atoms with Gasteiger partial charge in [0.1, 0.15) is 18.1 Å². The van der Waals surface area contributed by atoms with Gasteiger partial charge < -0.3 is 19.0 Å². The molecule has 0 spiro atoms. The van der Waals surface area contributed by atoms with Crippen molar-refractivity contribution >= 4 is 17.9 Å². The second-order valence-corrected chi connectivity index (χ2v) is 8.85. The minimum absolute atomic E-state index is 0.0235. The van der Waals surface area contributed by atoms with Gasteiger partial charge in [-0.25, -0.2) is 0 Å². The number of rotatable bonds is 10. The number of benzene rings is 2. The predicted molar refractivity (Wildman–Crippen MR) is 135 cm³/mol. The molecule has 0 aliphatic carbocycles. The first kappa shape index (κ1) is 24.5. The molecule has 1 aliphatic rings. The molecule has 0 N–H and O–H groups in total. The van der Waals surface area contributed by atoms with E-state index in [9.17, 15) is 9.59 Å². The van der Waals surface area contributed by atoms with Gasteiger partial charge >= 0.3 is 0 Å². The lowest BCUT2D eigenvalue weighted by Crippen LogP contribution is -2.44. The van der Waals surface area contributed by atoms with Crippen molar-refractivity contribution in [2.75, 3.05) is 19.7 Å². The van der Waals surface area contributed by atoms with E-state index in [0.717, 1.165) is 29.7 Å². The molecular weight excluding hydrogens is 440 g/mol. The second-order valence-electron chi connectivity index (χ2n) is 8.85. The highest BCUT2D eigenvalue weighted by molar-refractivity contribution is 5.94. The van der Waals surface area contributed by atoms with E-state index < -0.39 is 0 Å². The predicted octanol–water partition coefficient (Wildman–Crippen LogP) is 4.84. The Morgan fingerprint density at radius 2 is 1.69 bits per heavy atom. The minimum Gasteiger partial charge on any atom is -0.464 e. The molecule has 2 aromatic carbocycles. The fraction of sp³-hybridized carbons (Fsp3) is 0.310. The van der Waals surface area contributed by atoms with Gasteiger partial charge in [-0.15, -0.1) is 0 Å². The van der Waals surface area contributed by atoms with Crippen LogP contribution in [0, 0.1) is 6.92 Å². The number of hydrogen-bond acceptors (Lipinski definition) is 4. The molecule has 182 valence electrons.